The predicted molar refractivity (Wildman–Crippen MR) is 74.8 cm³/mol. The van der Waals surface area contributed by atoms with Gasteiger partial charge in [0.05, 0.1) is 6.10 Å². The maximum absolute atomic E-state index is 13.2. The molecule has 2 aromatic rings. The summed E-state index contributed by atoms with van der Waals surface area (Å²) in [4.78, 5) is 0. The first-order valence-corrected chi connectivity index (χ1v) is 6.75. The zero-order chi connectivity index (χ0) is 13.8. The molecule has 19 heavy (non-hydrogen) atoms. The van der Waals surface area contributed by atoms with Crippen LogP contribution >= 0.6 is 11.6 Å². The van der Waals surface area contributed by atoms with Crippen molar-refractivity contribution >= 4 is 11.6 Å². The molecule has 0 saturated carbocycles. The Balaban J connectivity index is 2.13. The molecule has 0 saturated heterocycles. The Kier molecular flexibility index (Phi) is 4.61. The number of aliphatic hydroxyl groups is 1. The lowest BCUT2D eigenvalue weighted by Gasteiger charge is -2.08. The average molecular weight is 282 g/mol. The van der Waals surface area contributed by atoms with Crippen LogP contribution in [0.5, 0.6) is 0 Å². The van der Waals surface area contributed by atoms with E-state index in [1.165, 1.54) is 12.1 Å². The fourth-order valence-corrected chi connectivity index (χ4v) is 2.23. The van der Waals surface area contributed by atoms with Crippen LogP contribution in [0.3, 0.4) is 0 Å². The first-order valence-electron chi connectivity index (χ1n) is 6.38. The van der Waals surface area contributed by atoms with E-state index in [1.807, 2.05) is 30.0 Å². The fraction of sp³-hybridized carbons (Fsp3) is 0.333. The van der Waals surface area contributed by atoms with Crippen LogP contribution in [0, 0.1) is 5.82 Å². The molecule has 0 bridgehead atoms. The van der Waals surface area contributed by atoms with Crippen molar-refractivity contribution in [3.63, 3.8) is 0 Å². The van der Waals surface area contributed by atoms with Crippen molar-refractivity contribution in [3.8, 4) is 0 Å². The van der Waals surface area contributed by atoms with Gasteiger partial charge in [0.15, 0.2) is 0 Å². The van der Waals surface area contributed by atoms with Gasteiger partial charge in [-0.2, -0.15) is 0 Å². The van der Waals surface area contributed by atoms with Crippen LogP contribution in [0.2, 0.25) is 5.02 Å². The van der Waals surface area contributed by atoms with E-state index in [9.17, 15) is 9.50 Å². The Bertz CT molecular complexity index is 553. The van der Waals surface area contributed by atoms with Crippen LogP contribution in [0.1, 0.15) is 37.0 Å². The number of rotatable bonds is 5. The summed E-state index contributed by atoms with van der Waals surface area (Å²) in [5.74, 6) is -0.294. The van der Waals surface area contributed by atoms with E-state index >= 15 is 0 Å². The Morgan fingerprint density at radius 1 is 1.37 bits per heavy atom. The van der Waals surface area contributed by atoms with E-state index in [4.69, 9.17) is 11.6 Å². The molecule has 1 aromatic carbocycles. The largest absolute Gasteiger partial charge is 0.388 e. The Hall–Kier alpha value is -1.32. The number of hydrogen-bond donors (Lipinski definition) is 1. The van der Waals surface area contributed by atoms with Crippen molar-refractivity contribution in [2.24, 2.45) is 0 Å². The van der Waals surface area contributed by atoms with Gasteiger partial charge >= 0.3 is 0 Å². The molecule has 1 aromatic heterocycles. The lowest BCUT2D eigenvalue weighted by molar-refractivity contribution is 0.166. The normalized spacial score (nSPS) is 12.6. The first kappa shape index (κ1) is 14.1. The molecule has 2 rings (SSSR count). The molecule has 0 fully saturated rings. The average Bonchev–Trinajstić information content (AvgIpc) is 2.83. The quantitative estimate of drug-likeness (QED) is 0.874. The summed E-state index contributed by atoms with van der Waals surface area (Å²) in [5.41, 5.74) is 1.61. The van der Waals surface area contributed by atoms with Crippen molar-refractivity contribution in [3.05, 3.63) is 58.6 Å². The van der Waals surface area contributed by atoms with Crippen molar-refractivity contribution in [2.45, 2.75) is 32.4 Å². The minimum absolute atomic E-state index is 0.294. The fourth-order valence-electron chi connectivity index (χ4n) is 2.06. The summed E-state index contributed by atoms with van der Waals surface area (Å²) in [6.45, 7) is 2.53. The molecule has 0 radical (unpaired) electrons. The molecule has 2 nitrogen and oxygen atoms in total. The highest BCUT2D eigenvalue weighted by molar-refractivity contribution is 6.31. The number of aromatic nitrogens is 1. The molecule has 1 unspecified atom stereocenters. The third kappa shape index (κ3) is 3.58. The van der Waals surface area contributed by atoms with Gasteiger partial charge in [-0.3, -0.25) is 0 Å². The molecular weight excluding hydrogens is 265 g/mol. The van der Waals surface area contributed by atoms with Crippen LogP contribution in [-0.4, -0.2) is 9.67 Å². The third-order valence-electron chi connectivity index (χ3n) is 3.08. The minimum atomic E-state index is -0.436. The molecule has 0 aliphatic carbocycles. The number of aliphatic hydroxyl groups excluding tert-OH is 1. The van der Waals surface area contributed by atoms with Gasteiger partial charge in [-0.1, -0.05) is 24.9 Å². The smallest absolute Gasteiger partial charge is 0.123 e. The topological polar surface area (TPSA) is 25.2 Å². The van der Waals surface area contributed by atoms with Crippen molar-refractivity contribution in [2.75, 3.05) is 0 Å². The molecule has 0 amide bonds. The lowest BCUT2D eigenvalue weighted by atomic mass is 10.1. The molecule has 1 atom stereocenters. The van der Waals surface area contributed by atoms with E-state index in [2.05, 4.69) is 0 Å². The van der Waals surface area contributed by atoms with E-state index in [0.29, 0.717) is 11.6 Å². The van der Waals surface area contributed by atoms with E-state index in [-0.39, 0.29) is 5.82 Å². The molecule has 102 valence electrons. The first-order chi connectivity index (χ1) is 9.10. The predicted octanol–water partition coefficient (Wildman–Crippen LogP) is 4.16. The van der Waals surface area contributed by atoms with Crippen LogP contribution in [0.4, 0.5) is 4.39 Å². The van der Waals surface area contributed by atoms with Crippen molar-refractivity contribution < 1.29 is 9.50 Å². The van der Waals surface area contributed by atoms with E-state index in [1.54, 1.807) is 6.07 Å². The number of halogens is 2. The summed E-state index contributed by atoms with van der Waals surface area (Å²) in [7, 11) is 0. The van der Waals surface area contributed by atoms with Gasteiger partial charge in [0.25, 0.3) is 0 Å². The van der Waals surface area contributed by atoms with Gasteiger partial charge in [0.1, 0.15) is 5.82 Å². The highest BCUT2D eigenvalue weighted by Crippen LogP contribution is 2.21. The highest BCUT2D eigenvalue weighted by atomic mass is 35.5. The molecule has 1 N–H and O–H groups in total. The summed E-state index contributed by atoms with van der Waals surface area (Å²) in [5, 5.41) is 10.4. The van der Waals surface area contributed by atoms with Gasteiger partial charge in [0.2, 0.25) is 0 Å². The lowest BCUT2D eigenvalue weighted by Crippen LogP contribution is -1.99. The minimum Gasteiger partial charge on any atom is -0.388 e. The monoisotopic (exact) mass is 281 g/mol. The van der Waals surface area contributed by atoms with Gasteiger partial charge in [-0.15, -0.1) is 0 Å². The van der Waals surface area contributed by atoms with Crippen LogP contribution in [0.25, 0.3) is 0 Å². The number of hydrogen-bond acceptors (Lipinski definition) is 1. The molecular formula is C15H17ClFNO. The van der Waals surface area contributed by atoms with Gasteiger partial charge in [-0.25, -0.2) is 4.39 Å². The summed E-state index contributed by atoms with van der Waals surface area (Å²) >= 11 is 6.04. The summed E-state index contributed by atoms with van der Waals surface area (Å²) in [6, 6.07) is 6.22. The zero-order valence-corrected chi connectivity index (χ0v) is 11.6. The standard InChI is InChI=1S/C15H17ClFNO/c1-2-3-15(19)11-6-7-18(9-11)10-12-8-13(17)4-5-14(12)16/h4-9,15,19H,2-3,10H2,1H3. The molecule has 0 aliphatic heterocycles. The second-order valence-electron chi connectivity index (χ2n) is 4.66. The second-order valence-corrected chi connectivity index (χ2v) is 5.06. The van der Waals surface area contributed by atoms with E-state index in [0.717, 1.165) is 24.0 Å². The summed E-state index contributed by atoms with van der Waals surface area (Å²) in [6.07, 6.45) is 4.98. The number of benzene rings is 1. The molecule has 0 aliphatic rings. The number of nitrogens with zero attached hydrogens (tertiary/aromatic N) is 1. The third-order valence-corrected chi connectivity index (χ3v) is 3.45. The SMILES string of the molecule is CCCC(O)c1ccn(Cc2cc(F)ccc2Cl)c1. The maximum atomic E-state index is 13.2. The highest BCUT2D eigenvalue weighted by Gasteiger charge is 2.09. The van der Waals surface area contributed by atoms with Crippen LogP contribution in [0.15, 0.2) is 36.7 Å². The second kappa shape index (κ2) is 6.22. The Morgan fingerprint density at radius 2 is 2.16 bits per heavy atom. The van der Waals surface area contributed by atoms with Crippen molar-refractivity contribution in [1.82, 2.24) is 4.57 Å². The van der Waals surface area contributed by atoms with Gasteiger partial charge < -0.3 is 9.67 Å². The van der Waals surface area contributed by atoms with Gasteiger partial charge in [0, 0.05) is 24.0 Å². The molecule has 1 heterocycles. The summed E-state index contributed by atoms with van der Waals surface area (Å²) < 4.78 is 15.1. The molecule has 4 heteroatoms. The Labute approximate surface area is 117 Å². The van der Waals surface area contributed by atoms with E-state index < -0.39 is 6.10 Å². The molecule has 0 spiro atoms. The van der Waals surface area contributed by atoms with Crippen LogP contribution < -0.4 is 0 Å². The van der Waals surface area contributed by atoms with Gasteiger partial charge in [-0.05, 0) is 41.8 Å². The van der Waals surface area contributed by atoms with Crippen LogP contribution in [-0.2, 0) is 6.54 Å². The zero-order valence-electron chi connectivity index (χ0n) is 10.8. The maximum Gasteiger partial charge on any atom is 0.123 e. The Morgan fingerprint density at radius 3 is 2.89 bits per heavy atom. The van der Waals surface area contributed by atoms with Crippen molar-refractivity contribution in [1.29, 1.82) is 0 Å².